The highest BCUT2D eigenvalue weighted by molar-refractivity contribution is 9.09. The van der Waals surface area contributed by atoms with Crippen molar-refractivity contribution in [3.8, 4) is 0 Å². The lowest BCUT2D eigenvalue weighted by atomic mass is 10.1. The Bertz CT molecular complexity index is 614. The minimum atomic E-state index is 0.254. The van der Waals surface area contributed by atoms with Gasteiger partial charge in [0, 0.05) is 35.9 Å². The fraction of sp³-hybridized carbons (Fsp3) is 0.333. The number of hydrogen-bond donors (Lipinski definition) is 0. The number of amides is 1. The molecule has 2 heterocycles. The third-order valence-corrected chi connectivity index (χ3v) is 4.12. The van der Waals surface area contributed by atoms with Gasteiger partial charge in [-0.3, -0.25) is 9.78 Å². The maximum Gasteiger partial charge on any atom is 0.223 e. The van der Waals surface area contributed by atoms with E-state index in [1.165, 1.54) is 5.56 Å². The maximum absolute atomic E-state index is 11.7. The molecule has 2 aromatic rings. The molecule has 0 N–H and O–H groups in total. The fourth-order valence-electron chi connectivity index (χ4n) is 2.48. The van der Waals surface area contributed by atoms with Crippen LogP contribution in [0.1, 0.15) is 12.0 Å². The summed E-state index contributed by atoms with van der Waals surface area (Å²) < 4.78 is 0. The largest absolute Gasteiger partial charge is 0.341 e. The van der Waals surface area contributed by atoms with E-state index in [0.29, 0.717) is 11.2 Å². The molecular formula is C15H15BrN2O. The van der Waals surface area contributed by atoms with Crippen LogP contribution in [0.4, 0.5) is 0 Å². The van der Waals surface area contributed by atoms with Crippen molar-refractivity contribution in [1.29, 1.82) is 0 Å². The van der Waals surface area contributed by atoms with Gasteiger partial charge in [0.1, 0.15) is 0 Å². The first-order chi connectivity index (χ1) is 9.22. The maximum atomic E-state index is 11.7. The van der Waals surface area contributed by atoms with E-state index in [0.717, 1.165) is 30.4 Å². The lowest BCUT2D eigenvalue weighted by Gasteiger charge is -2.15. The summed E-state index contributed by atoms with van der Waals surface area (Å²) in [7, 11) is 0. The number of hydrogen-bond acceptors (Lipinski definition) is 2. The molecule has 1 atom stereocenters. The van der Waals surface area contributed by atoms with Gasteiger partial charge in [0.25, 0.3) is 0 Å². The van der Waals surface area contributed by atoms with E-state index < -0.39 is 0 Å². The molecule has 1 aromatic heterocycles. The summed E-state index contributed by atoms with van der Waals surface area (Å²) in [5.41, 5.74) is 2.27. The van der Waals surface area contributed by atoms with E-state index in [1.54, 1.807) is 6.20 Å². The molecule has 1 fully saturated rings. The van der Waals surface area contributed by atoms with Crippen LogP contribution in [-0.4, -0.2) is 33.7 Å². The monoisotopic (exact) mass is 318 g/mol. The minimum absolute atomic E-state index is 0.254. The van der Waals surface area contributed by atoms with E-state index >= 15 is 0 Å². The molecule has 0 aliphatic carbocycles. The number of pyridine rings is 1. The summed E-state index contributed by atoms with van der Waals surface area (Å²) in [6.45, 7) is 1.63. The molecule has 1 unspecified atom stereocenters. The number of alkyl halides is 1. The van der Waals surface area contributed by atoms with Crippen LogP contribution in [0.3, 0.4) is 0 Å². The van der Waals surface area contributed by atoms with Gasteiger partial charge in [0.05, 0.1) is 5.52 Å². The predicted molar refractivity (Wildman–Crippen MR) is 79.4 cm³/mol. The zero-order valence-corrected chi connectivity index (χ0v) is 12.1. The first-order valence-electron chi connectivity index (χ1n) is 6.48. The number of halogens is 1. The molecule has 98 valence electrons. The Labute approximate surface area is 120 Å². The lowest BCUT2D eigenvalue weighted by Crippen LogP contribution is -2.27. The first kappa shape index (κ1) is 12.6. The van der Waals surface area contributed by atoms with E-state index in [4.69, 9.17) is 0 Å². The van der Waals surface area contributed by atoms with E-state index in [-0.39, 0.29) is 5.91 Å². The highest BCUT2D eigenvalue weighted by atomic mass is 79.9. The first-order valence-corrected chi connectivity index (χ1v) is 7.39. The number of nitrogens with zero attached hydrogens (tertiary/aromatic N) is 2. The average molecular weight is 319 g/mol. The molecule has 4 heteroatoms. The smallest absolute Gasteiger partial charge is 0.223 e. The van der Waals surface area contributed by atoms with Gasteiger partial charge in [0.15, 0.2) is 0 Å². The Morgan fingerprint density at radius 2 is 2.26 bits per heavy atom. The molecule has 1 aliphatic rings. The van der Waals surface area contributed by atoms with Crippen molar-refractivity contribution < 1.29 is 4.79 Å². The molecule has 0 spiro atoms. The number of carbonyl (C=O) groups is 1. The number of aromatic nitrogens is 1. The molecular weight excluding hydrogens is 304 g/mol. The van der Waals surface area contributed by atoms with Gasteiger partial charge in [-0.05, 0) is 30.2 Å². The summed E-state index contributed by atoms with van der Waals surface area (Å²) in [5, 5.41) is 1.16. The van der Waals surface area contributed by atoms with Gasteiger partial charge in [-0.2, -0.15) is 0 Å². The summed E-state index contributed by atoms with van der Waals surface area (Å²) in [5.74, 6) is 0.254. The third-order valence-electron chi connectivity index (χ3n) is 3.51. The Balaban J connectivity index is 1.70. The van der Waals surface area contributed by atoms with Crippen LogP contribution in [0.5, 0.6) is 0 Å². The number of fused-ring (bicyclic) bond motifs is 1. The highest BCUT2D eigenvalue weighted by Gasteiger charge is 2.26. The van der Waals surface area contributed by atoms with Crippen molar-refractivity contribution >= 4 is 32.7 Å². The summed E-state index contributed by atoms with van der Waals surface area (Å²) >= 11 is 3.51. The number of likely N-dealkylation sites (tertiary alicyclic amines) is 1. The van der Waals surface area contributed by atoms with Crippen molar-refractivity contribution in [3.63, 3.8) is 0 Å². The second kappa shape index (κ2) is 5.29. The number of rotatable bonds is 3. The van der Waals surface area contributed by atoms with Gasteiger partial charge in [-0.15, -0.1) is 0 Å². The normalized spacial score (nSPS) is 19.3. The van der Waals surface area contributed by atoms with Gasteiger partial charge >= 0.3 is 0 Å². The quantitative estimate of drug-likeness (QED) is 0.815. The van der Waals surface area contributed by atoms with Crippen molar-refractivity contribution in [2.45, 2.75) is 17.7 Å². The van der Waals surface area contributed by atoms with Crippen LogP contribution >= 0.6 is 15.9 Å². The van der Waals surface area contributed by atoms with Crippen molar-refractivity contribution in [1.82, 2.24) is 9.88 Å². The lowest BCUT2D eigenvalue weighted by molar-refractivity contribution is -0.127. The molecule has 3 nitrogen and oxygen atoms in total. The molecule has 3 rings (SSSR count). The minimum Gasteiger partial charge on any atom is -0.341 e. The van der Waals surface area contributed by atoms with Crippen LogP contribution in [0.15, 0.2) is 36.5 Å². The Hall–Kier alpha value is -1.42. The molecule has 1 saturated heterocycles. The summed E-state index contributed by atoms with van der Waals surface area (Å²) in [4.78, 5) is 18.3. The van der Waals surface area contributed by atoms with Gasteiger partial charge in [-0.25, -0.2) is 0 Å². The molecule has 1 aromatic carbocycles. The van der Waals surface area contributed by atoms with Crippen molar-refractivity contribution in [2.75, 3.05) is 13.1 Å². The van der Waals surface area contributed by atoms with Crippen molar-refractivity contribution in [3.05, 3.63) is 42.1 Å². The van der Waals surface area contributed by atoms with E-state index in [1.807, 2.05) is 17.0 Å². The van der Waals surface area contributed by atoms with Gasteiger partial charge in [-0.1, -0.05) is 28.1 Å². The van der Waals surface area contributed by atoms with Crippen LogP contribution < -0.4 is 0 Å². The van der Waals surface area contributed by atoms with Crippen LogP contribution in [-0.2, 0) is 11.2 Å². The molecule has 1 amide bonds. The van der Waals surface area contributed by atoms with Gasteiger partial charge in [0.2, 0.25) is 5.91 Å². The second-order valence-electron chi connectivity index (χ2n) is 4.92. The number of benzene rings is 1. The number of carbonyl (C=O) groups excluding carboxylic acids is 1. The third kappa shape index (κ3) is 2.78. The molecule has 0 bridgehead atoms. The molecule has 0 radical (unpaired) electrons. The molecule has 1 aliphatic heterocycles. The van der Waals surface area contributed by atoms with E-state index in [9.17, 15) is 4.79 Å². The molecule has 19 heavy (non-hydrogen) atoms. The Kier molecular flexibility index (Phi) is 3.51. The highest BCUT2D eigenvalue weighted by Crippen LogP contribution is 2.19. The standard InChI is InChI=1S/C15H15BrN2O/c16-13-9-15(19)18(10-13)7-5-11-3-4-14-12(8-11)2-1-6-17-14/h1-4,6,8,13H,5,7,9-10H2. The Morgan fingerprint density at radius 3 is 3.05 bits per heavy atom. The van der Waals surface area contributed by atoms with Gasteiger partial charge < -0.3 is 4.90 Å². The second-order valence-corrected chi connectivity index (χ2v) is 6.22. The van der Waals surface area contributed by atoms with Crippen LogP contribution in [0.2, 0.25) is 0 Å². The summed E-state index contributed by atoms with van der Waals surface area (Å²) in [6, 6.07) is 10.3. The van der Waals surface area contributed by atoms with Crippen LogP contribution in [0, 0.1) is 0 Å². The van der Waals surface area contributed by atoms with Crippen molar-refractivity contribution in [2.24, 2.45) is 0 Å². The molecule has 0 saturated carbocycles. The Morgan fingerprint density at radius 1 is 1.37 bits per heavy atom. The summed E-state index contributed by atoms with van der Waals surface area (Å²) in [6.07, 6.45) is 3.33. The topological polar surface area (TPSA) is 33.2 Å². The predicted octanol–water partition coefficient (Wildman–Crippen LogP) is 2.77. The average Bonchev–Trinajstić information content (AvgIpc) is 2.74. The zero-order chi connectivity index (χ0) is 13.2. The van der Waals surface area contributed by atoms with Crippen LogP contribution in [0.25, 0.3) is 10.9 Å². The zero-order valence-electron chi connectivity index (χ0n) is 10.6. The van der Waals surface area contributed by atoms with E-state index in [2.05, 4.69) is 39.1 Å². The SMILES string of the molecule is O=C1CC(Br)CN1CCc1ccc2ncccc2c1. The fourth-order valence-corrected chi connectivity index (χ4v) is 3.11.